The molecular formula is C14H29NO2S. The maximum absolute atomic E-state index is 12.7. The lowest BCUT2D eigenvalue weighted by molar-refractivity contribution is 0.376. The summed E-state index contributed by atoms with van der Waals surface area (Å²) in [7, 11) is -2.99. The summed E-state index contributed by atoms with van der Waals surface area (Å²) in [4.78, 5) is 0. The van der Waals surface area contributed by atoms with Gasteiger partial charge in [-0.15, -0.1) is 0 Å². The maximum atomic E-state index is 12.7. The third-order valence-corrected chi connectivity index (χ3v) is 7.07. The first-order chi connectivity index (χ1) is 8.43. The van der Waals surface area contributed by atoms with E-state index in [4.69, 9.17) is 0 Å². The highest BCUT2D eigenvalue weighted by molar-refractivity contribution is 7.92. The number of sulfone groups is 1. The van der Waals surface area contributed by atoms with E-state index in [1.165, 1.54) is 6.42 Å². The van der Waals surface area contributed by atoms with Crippen LogP contribution in [-0.4, -0.2) is 31.5 Å². The zero-order valence-electron chi connectivity index (χ0n) is 12.3. The summed E-state index contributed by atoms with van der Waals surface area (Å²) in [6.07, 6.45) is 4.84. The molecule has 1 rings (SSSR count). The molecule has 0 bridgehead atoms. The van der Waals surface area contributed by atoms with Crippen LogP contribution in [0, 0.1) is 5.92 Å². The van der Waals surface area contributed by atoms with Crippen molar-refractivity contribution in [1.82, 2.24) is 5.32 Å². The van der Waals surface area contributed by atoms with Crippen molar-refractivity contribution in [2.45, 2.75) is 76.3 Å². The van der Waals surface area contributed by atoms with Gasteiger partial charge in [0.25, 0.3) is 0 Å². The molecule has 0 aliphatic heterocycles. The molecule has 4 unspecified atom stereocenters. The molecule has 4 atom stereocenters. The van der Waals surface area contributed by atoms with E-state index < -0.39 is 9.84 Å². The van der Waals surface area contributed by atoms with Crippen LogP contribution >= 0.6 is 0 Å². The van der Waals surface area contributed by atoms with Gasteiger partial charge in [0.15, 0.2) is 9.84 Å². The highest BCUT2D eigenvalue weighted by Crippen LogP contribution is 2.31. The molecule has 4 heteroatoms. The maximum Gasteiger partial charge on any atom is 0.157 e. The van der Waals surface area contributed by atoms with Crippen molar-refractivity contribution in [3.05, 3.63) is 0 Å². The molecule has 0 heterocycles. The van der Waals surface area contributed by atoms with Gasteiger partial charge in [0.1, 0.15) is 0 Å². The van der Waals surface area contributed by atoms with Gasteiger partial charge in [-0.2, -0.15) is 0 Å². The van der Waals surface area contributed by atoms with Crippen LogP contribution in [0.3, 0.4) is 0 Å². The Morgan fingerprint density at radius 1 is 1.28 bits per heavy atom. The van der Waals surface area contributed by atoms with Gasteiger partial charge in [0, 0.05) is 6.04 Å². The quantitative estimate of drug-likeness (QED) is 0.811. The molecule has 1 aliphatic rings. The Morgan fingerprint density at radius 2 is 1.94 bits per heavy atom. The lowest BCUT2D eigenvalue weighted by atomic mass is 9.90. The third kappa shape index (κ3) is 3.70. The van der Waals surface area contributed by atoms with Crippen LogP contribution in [0.5, 0.6) is 0 Å². The second-order valence-corrected chi connectivity index (χ2v) is 8.35. The van der Waals surface area contributed by atoms with E-state index in [9.17, 15) is 8.42 Å². The van der Waals surface area contributed by atoms with E-state index in [1.54, 1.807) is 0 Å². The first-order valence-electron chi connectivity index (χ1n) is 7.39. The van der Waals surface area contributed by atoms with Crippen LogP contribution in [0.15, 0.2) is 0 Å². The molecule has 18 heavy (non-hydrogen) atoms. The summed E-state index contributed by atoms with van der Waals surface area (Å²) in [6.45, 7) is 8.98. The van der Waals surface area contributed by atoms with Crippen LogP contribution < -0.4 is 5.32 Å². The van der Waals surface area contributed by atoms with Crippen LogP contribution in [0.2, 0.25) is 0 Å². The first-order valence-corrected chi connectivity index (χ1v) is 9.00. The Morgan fingerprint density at radius 3 is 2.44 bits per heavy atom. The minimum absolute atomic E-state index is 0.0947. The highest BCUT2D eigenvalue weighted by atomic mass is 32.2. The summed E-state index contributed by atoms with van der Waals surface area (Å²) < 4.78 is 25.3. The smallest absolute Gasteiger partial charge is 0.157 e. The van der Waals surface area contributed by atoms with Crippen molar-refractivity contribution < 1.29 is 8.42 Å². The summed E-state index contributed by atoms with van der Waals surface area (Å²) in [5.41, 5.74) is 0. The minimum atomic E-state index is -2.99. The van der Waals surface area contributed by atoms with E-state index in [2.05, 4.69) is 19.2 Å². The fraction of sp³-hybridized carbons (Fsp3) is 1.00. The van der Waals surface area contributed by atoms with Gasteiger partial charge in [0.2, 0.25) is 0 Å². The van der Waals surface area contributed by atoms with Gasteiger partial charge >= 0.3 is 0 Å². The molecule has 0 aromatic heterocycles. The number of hydrogen-bond donors (Lipinski definition) is 1. The van der Waals surface area contributed by atoms with Crippen molar-refractivity contribution >= 4 is 9.84 Å². The number of hydrogen-bond acceptors (Lipinski definition) is 3. The zero-order chi connectivity index (χ0) is 13.8. The second-order valence-electron chi connectivity index (χ2n) is 5.76. The van der Waals surface area contributed by atoms with Crippen molar-refractivity contribution in [1.29, 1.82) is 0 Å². The monoisotopic (exact) mass is 275 g/mol. The van der Waals surface area contributed by atoms with Gasteiger partial charge in [-0.3, -0.25) is 0 Å². The van der Waals surface area contributed by atoms with Gasteiger partial charge in [0.05, 0.1) is 10.5 Å². The Balaban J connectivity index is 2.77. The molecule has 0 aromatic carbocycles. The normalized spacial score (nSPS) is 28.9. The van der Waals surface area contributed by atoms with E-state index >= 15 is 0 Å². The Kier molecular flexibility index (Phi) is 6.12. The third-order valence-electron chi connectivity index (χ3n) is 4.34. The van der Waals surface area contributed by atoms with Crippen molar-refractivity contribution in [3.8, 4) is 0 Å². The van der Waals surface area contributed by atoms with Crippen LogP contribution in [-0.2, 0) is 9.84 Å². The summed E-state index contributed by atoms with van der Waals surface area (Å²) in [6, 6.07) is 0.0947. The molecule has 108 valence electrons. The topological polar surface area (TPSA) is 46.2 Å². The fourth-order valence-electron chi connectivity index (χ4n) is 3.11. The SMILES string of the molecule is CCNC(CC)C(C)S(=O)(=O)C1CCCC(C)C1. The molecule has 0 aromatic rings. The minimum Gasteiger partial charge on any atom is -0.313 e. The zero-order valence-corrected chi connectivity index (χ0v) is 13.1. The summed E-state index contributed by atoms with van der Waals surface area (Å²) in [5, 5.41) is 2.94. The number of rotatable bonds is 6. The Hall–Kier alpha value is -0.0900. The molecule has 0 saturated heterocycles. The van der Waals surface area contributed by atoms with Crippen LogP contribution in [0.1, 0.15) is 59.8 Å². The van der Waals surface area contributed by atoms with Gasteiger partial charge < -0.3 is 5.32 Å². The largest absolute Gasteiger partial charge is 0.313 e. The Bertz CT molecular complexity index is 340. The first kappa shape index (κ1) is 16.0. The molecule has 1 aliphatic carbocycles. The average molecular weight is 275 g/mol. The predicted molar refractivity (Wildman–Crippen MR) is 77.6 cm³/mol. The molecule has 1 fully saturated rings. The van der Waals surface area contributed by atoms with E-state index in [-0.39, 0.29) is 16.5 Å². The van der Waals surface area contributed by atoms with Crippen LogP contribution in [0.25, 0.3) is 0 Å². The average Bonchev–Trinajstić information content (AvgIpc) is 2.35. The predicted octanol–water partition coefficient (Wildman–Crippen LogP) is 2.76. The van der Waals surface area contributed by atoms with Crippen LogP contribution in [0.4, 0.5) is 0 Å². The second kappa shape index (κ2) is 6.90. The molecule has 0 amide bonds. The molecule has 1 saturated carbocycles. The summed E-state index contributed by atoms with van der Waals surface area (Å²) in [5.74, 6) is 0.560. The van der Waals surface area contributed by atoms with E-state index in [1.807, 2.05) is 13.8 Å². The molecule has 1 N–H and O–H groups in total. The van der Waals surface area contributed by atoms with E-state index in [0.29, 0.717) is 5.92 Å². The molecule has 0 spiro atoms. The van der Waals surface area contributed by atoms with Gasteiger partial charge in [-0.05, 0) is 38.6 Å². The number of nitrogens with one attached hydrogen (secondary N) is 1. The standard InChI is InChI=1S/C14H29NO2S/c1-5-14(15-6-2)12(4)18(16,17)13-9-7-8-11(3)10-13/h11-15H,5-10H2,1-4H3. The lowest BCUT2D eigenvalue weighted by Gasteiger charge is -2.32. The molecule has 0 radical (unpaired) electrons. The summed E-state index contributed by atoms with van der Waals surface area (Å²) >= 11 is 0. The highest BCUT2D eigenvalue weighted by Gasteiger charge is 2.37. The fourth-order valence-corrected chi connectivity index (χ4v) is 5.56. The van der Waals surface area contributed by atoms with E-state index in [0.717, 1.165) is 32.2 Å². The van der Waals surface area contributed by atoms with Gasteiger partial charge in [-0.25, -0.2) is 8.42 Å². The Labute approximate surface area is 113 Å². The van der Waals surface area contributed by atoms with Crippen molar-refractivity contribution in [2.24, 2.45) is 5.92 Å². The van der Waals surface area contributed by atoms with Crippen molar-refractivity contribution in [3.63, 3.8) is 0 Å². The molecule has 3 nitrogen and oxygen atoms in total. The molecular weight excluding hydrogens is 246 g/mol. The van der Waals surface area contributed by atoms with Gasteiger partial charge in [-0.1, -0.05) is 33.6 Å². The van der Waals surface area contributed by atoms with Crippen molar-refractivity contribution in [2.75, 3.05) is 6.54 Å². The lowest BCUT2D eigenvalue weighted by Crippen LogP contribution is -2.46.